The zero-order valence-electron chi connectivity index (χ0n) is 16.2. The maximum absolute atomic E-state index is 13.5. The van der Waals surface area contributed by atoms with Crippen molar-refractivity contribution in [3.05, 3.63) is 53.6 Å². The third kappa shape index (κ3) is 3.55. The van der Waals surface area contributed by atoms with E-state index >= 15 is 0 Å². The molecule has 0 radical (unpaired) electrons. The summed E-state index contributed by atoms with van der Waals surface area (Å²) in [5, 5.41) is 0. The third-order valence-corrected chi connectivity index (χ3v) is 6.12. The summed E-state index contributed by atoms with van der Waals surface area (Å²) in [6.45, 7) is 6.33. The summed E-state index contributed by atoms with van der Waals surface area (Å²) >= 11 is 0. The van der Waals surface area contributed by atoms with Crippen molar-refractivity contribution >= 4 is 5.91 Å². The first-order chi connectivity index (χ1) is 13.5. The van der Waals surface area contributed by atoms with Crippen LogP contribution in [0.1, 0.15) is 37.6 Å². The van der Waals surface area contributed by atoms with Gasteiger partial charge in [-0.05, 0) is 50.4 Å². The molecule has 150 valence electrons. The number of halogens is 2. The SMILES string of the molecule is CCn1ccnc1CN1CC[C@]2(CCCN(Cc3ccc(F)c(F)c3)C2=O)C1. The maximum Gasteiger partial charge on any atom is 0.230 e. The standard InChI is InChI=1S/C21H26F2N4O/c1-2-26-11-8-24-19(26)14-25-10-7-21(15-25)6-3-9-27(20(21)28)13-16-4-5-17(22)18(23)12-16/h4-5,8,11-12H,2-3,6-7,9-10,13-15H2,1H3/t21-/m1/s1. The summed E-state index contributed by atoms with van der Waals surface area (Å²) in [5.41, 5.74) is 0.268. The fraction of sp³-hybridized carbons (Fsp3) is 0.524. The molecule has 4 rings (SSSR count). The van der Waals surface area contributed by atoms with E-state index < -0.39 is 11.6 Å². The molecule has 1 spiro atoms. The number of hydrogen-bond acceptors (Lipinski definition) is 3. The number of carbonyl (C=O) groups excluding carboxylic acids is 1. The van der Waals surface area contributed by atoms with Gasteiger partial charge in [-0.2, -0.15) is 0 Å². The minimum Gasteiger partial charge on any atom is -0.338 e. The highest BCUT2D eigenvalue weighted by Gasteiger charge is 2.48. The average molecular weight is 388 g/mol. The molecule has 0 N–H and O–H groups in total. The maximum atomic E-state index is 13.5. The van der Waals surface area contributed by atoms with E-state index in [1.54, 1.807) is 6.07 Å². The fourth-order valence-electron chi connectivity index (χ4n) is 4.61. The summed E-state index contributed by atoms with van der Waals surface area (Å²) in [5.74, 6) is -0.552. The van der Waals surface area contributed by atoms with Crippen LogP contribution in [0, 0.1) is 17.0 Å². The lowest BCUT2D eigenvalue weighted by Crippen LogP contribution is -2.49. The zero-order chi connectivity index (χ0) is 19.7. The molecule has 0 unspecified atom stereocenters. The first kappa shape index (κ1) is 19.1. The van der Waals surface area contributed by atoms with Crippen LogP contribution in [0.25, 0.3) is 0 Å². The monoisotopic (exact) mass is 388 g/mol. The van der Waals surface area contributed by atoms with Gasteiger partial charge in [0.2, 0.25) is 5.91 Å². The Morgan fingerprint density at radius 3 is 2.79 bits per heavy atom. The highest BCUT2D eigenvalue weighted by molar-refractivity contribution is 5.84. The van der Waals surface area contributed by atoms with E-state index in [4.69, 9.17) is 0 Å². The largest absolute Gasteiger partial charge is 0.338 e. The Kier molecular flexibility index (Phi) is 5.19. The van der Waals surface area contributed by atoms with Crippen molar-refractivity contribution in [2.75, 3.05) is 19.6 Å². The topological polar surface area (TPSA) is 41.4 Å². The molecule has 3 heterocycles. The Labute approximate surface area is 164 Å². The van der Waals surface area contributed by atoms with Crippen LogP contribution < -0.4 is 0 Å². The molecule has 2 saturated heterocycles. The molecule has 1 atom stereocenters. The number of amides is 1. The summed E-state index contributed by atoms with van der Waals surface area (Å²) in [6, 6.07) is 3.87. The van der Waals surface area contributed by atoms with E-state index in [2.05, 4.69) is 21.4 Å². The molecule has 1 aromatic heterocycles. The van der Waals surface area contributed by atoms with Crippen LogP contribution in [0.5, 0.6) is 0 Å². The number of nitrogens with zero attached hydrogens (tertiary/aromatic N) is 4. The predicted molar refractivity (Wildman–Crippen MR) is 101 cm³/mol. The van der Waals surface area contributed by atoms with Crippen molar-refractivity contribution in [3.63, 3.8) is 0 Å². The Morgan fingerprint density at radius 2 is 2.00 bits per heavy atom. The van der Waals surface area contributed by atoms with E-state index in [0.717, 1.165) is 57.3 Å². The minimum absolute atomic E-state index is 0.143. The quantitative estimate of drug-likeness (QED) is 0.790. The van der Waals surface area contributed by atoms with Gasteiger partial charge < -0.3 is 9.47 Å². The van der Waals surface area contributed by atoms with Crippen LogP contribution in [-0.2, 0) is 24.4 Å². The zero-order valence-corrected chi connectivity index (χ0v) is 16.2. The third-order valence-electron chi connectivity index (χ3n) is 6.12. The van der Waals surface area contributed by atoms with Crippen LogP contribution in [0.4, 0.5) is 8.78 Å². The molecular formula is C21H26F2N4O. The van der Waals surface area contributed by atoms with E-state index in [9.17, 15) is 13.6 Å². The molecular weight excluding hydrogens is 362 g/mol. The second kappa shape index (κ2) is 7.62. The second-order valence-electron chi connectivity index (χ2n) is 7.95. The lowest BCUT2D eigenvalue weighted by atomic mass is 9.78. The highest BCUT2D eigenvalue weighted by Crippen LogP contribution is 2.40. The number of aryl methyl sites for hydroxylation is 1. The van der Waals surface area contributed by atoms with Gasteiger partial charge in [-0.1, -0.05) is 6.07 Å². The van der Waals surface area contributed by atoms with Gasteiger partial charge in [0.15, 0.2) is 11.6 Å². The van der Waals surface area contributed by atoms with E-state index in [1.807, 2.05) is 17.3 Å². The Morgan fingerprint density at radius 1 is 1.14 bits per heavy atom. The lowest BCUT2D eigenvalue weighted by molar-refractivity contribution is -0.146. The molecule has 0 aliphatic carbocycles. The van der Waals surface area contributed by atoms with Gasteiger partial charge in [-0.25, -0.2) is 13.8 Å². The predicted octanol–water partition coefficient (Wildman–Crippen LogP) is 3.20. The van der Waals surface area contributed by atoms with Crippen molar-refractivity contribution in [1.82, 2.24) is 19.4 Å². The summed E-state index contributed by atoms with van der Waals surface area (Å²) in [6.07, 6.45) is 6.47. The van der Waals surface area contributed by atoms with Gasteiger partial charge in [0.05, 0.1) is 12.0 Å². The average Bonchev–Trinajstić information content (AvgIpc) is 3.30. The van der Waals surface area contributed by atoms with Crippen molar-refractivity contribution < 1.29 is 13.6 Å². The van der Waals surface area contributed by atoms with Gasteiger partial charge in [-0.3, -0.25) is 9.69 Å². The van der Waals surface area contributed by atoms with E-state index in [-0.39, 0.29) is 11.3 Å². The number of carbonyl (C=O) groups is 1. The smallest absolute Gasteiger partial charge is 0.230 e. The summed E-state index contributed by atoms with van der Waals surface area (Å²) in [7, 11) is 0. The molecule has 1 aromatic carbocycles. The van der Waals surface area contributed by atoms with Gasteiger partial charge in [0, 0.05) is 38.6 Å². The second-order valence-corrected chi connectivity index (χ2v) is 7.95. The molecule has 2 aliphatic rings. The van der Waals surface area contributed by atoms with Crippen LogP contribution in [0.15, 0.2) is 30.6 Å². The van der Waals surface area contributed by atoms with Crippen molar-refractivity contribution in [2.24, 2.45) is 5.41 Å². The number of aromatic nitrogens is 2. The Hall–Kier alpha value is -2.28. The number of benzene rings is 1. The molecule has 0 bridgehead atoms. The lowest BCUT2D eigenvalue weighted by Gasteiger charge is -2.39. The van der Waals surface area contributed by atoms with Crippen LogP contribution >= 0.6 is 0 Å². The number of imidazole rings is 1. The normalized spacial score (nSPS) is 23.1. The Bertz CT molecular complexity index is 868. The first-order valence-electron chi connectivity index (χ1n) is 9.96. The molecule has 0 saturated carbocycles. The van der Waals surface area contributed by atoms with Crippen molar-refractivity contribution in [2.45, 2.75) is 45.8 Å². The molecule has 28 heavy (non-hydrogen) atoms. The van der Waals surface area contributed by atoms with Gasteiger partial charge in [0.1, 0.15) is 5.82 Å². The molecule has 2 aromatic rings. The van der Waals surface area contributed by atoms with Crippen molar-refractivity contribution in [1.29, 1.82) is 0 Å². The Balaban J connectivity index is 1.44. The molecule has 2 fully saturated rings. The molecule has 5 nitrogen and oxygen atoms in total. The van der Waals surface area contributed by atoms with Gasteiger partial charge in [0.25, 0.3) is 0 Å². The number of hydrogen-bond donors (Lipinski definition) is 0. The molecule has 7 heteroatoms. The van der Waals surface area contributed by atoms with E-state index in [0.29, 0.717) is 18.7 Å². The number of rotatable bonds is 5. The van der Waals surface area contributed by atoms with Gasteiger partial charge >= 0.3 is 0 Å². The number of likely N-dealkylation sites (tertiary alicyclic amines) is 2. The minimum atomic E-state index is -0.866. The summed E-state index contributed by atoms with van der Waals surface area (Å²) < 4.78 is 28.8. The molecule has 1 amide bonds. The van der Waals surface area contributed by atoms with Crippen LogP contribution in [0.3, 0.4) is 0 Å². The molecule has 2 aliphatic heterocycles. The van der Waals surface area contributed by atoms with Crippen LogP contribution in [0.2, 0.25) is 0 Å². The highest BCUT2D eigenvalue weighted by atomic mass is 19.2. The summed E-state index contributed by atoms with van der Waals surface area (Å²) in [4.78, 5) is 21.9. The van der Waals surface area contributed by atoms with Gasteiger partial charge in [-0.15, -0.1) is 0 Å². The fourth-order valence-corrected chi connectivity index (χ4v) is 4.61. The number of piperidine rings is 1. The first-order valence-corrected chi connectivity index (χ1v) is 9.96. The van der Waals surface area contributed by atoms with Crippen molar-refractivity contribution in [3.8, 4) is 0 Å². The van der Waals surface area contributed by atoms with Crippen LogP contribution in [-0.4, -0.2) is 44.9 Å². The van der Waals surface area contributed by atoms with E-state index in [1.165, 1.54) is 6.07 Å².